The zero-order valence-corrected chi connectivity index (χ0v) is 15.3. The Morgan fingerprint density at radius 1 is 0.920 bits per heavy atom. The normalized spacial score (nSPS) is 11.2. The quantitative estimate of drug-likeness (QED) is 0.450. The molecule has 6 nitrogen and oxygen atoms in total. The van der Waals surface area contributed by atoms with Gasteiger partial charge in [0.2, 0.25) is 0 Å². The lowest BCUT2D eigenvalue weighted by Gasteiger charge is -2.19. The van der Waals surface area contributed by atoms with Crippen molar-refractivity contribution in [2.45, 2.75) is 45.8 Å². The Bertz CT molecular complexity index is 506. The Morgan fingerprint density at radius 3 is 2.28 bits per heavy atom. The van der Waals surface area contributed by atoms with Gasteiger partial charge in [-0.2, -0.15) is 0 Å². The Hall–Kier alpha value is -1.92. The van der Waals surface area contributed by atoms with Gasteiger partial charge in [0.25, 0.3) is 0 Å². The van der Waals surface area contributed by atoms with Crippen LogP contribution >= 0.6 is 0 Å². The van der Waals surface area contributed by atoms with Crippen molar-refractivity contribution in [3.63, 3.8) is 0 Å². The summed E-state index contributed by atoms with van der Waals surface area (Å²) >= 11 is 0. The number of hydrogen-bond donors (Lipinski definition) is 0. The van der Waals surface area contributed by atoms with Crippen LogP contribution in [-0.4, -0.2) is 44.0 Å². The lowest BCUT2D eigenvalue weighted by atomic mass is 10.2. The van der Waals surface area contributed by atoms with Crippen molar-refractivity contribution in [3.8, 4) is 0 Å². The molecule has 0 bridgehead atoms. The van der Waals surface area contributed by atoms with Gasteiger partial charge in [0.15, 0.2) is 0 Å². The molecule has 25 heavy (non-hydrogen) atoms. The summed E-state index contributed by atoms with van der Waals surface area (Å²) in [4.78, 5) is 23.0. The van der Waals surface area contributed by atoms with Crippen LogP contribution in [0.5, 0.6) is 0 Å². The monoisotopic (exact) mass is 352 g/mol. The molecule has 0 amide bonds. The van der Waals surface area contributed by atoms with Gasteiger partial charge in [-0.25, -0.2) is 4.79 Å². The van der Waals surface area contributed by atoms with E-state index in [0.29, 0.717) is 32.7 Å². The number of esters is 2. The third-order valence-electron chi connectivity index (χ3n) is 2.92. The van der Waals surface area contributed by atoms with Crippen LogP contribution in [0.2, 0.25) is 0 Å². The Labute approximate surface area is 149 Å². The minimum Gasteiger partial charge on any atom is -0.460 e. The largest absolute Gasteiger partial charge is 0.460 e. The zero-order chi connectivity index (χ0) is 18.5. The summed E-state index contributed by atoms with van der Waals surface area (Å²) in [5.41, 5.74) is 0.477. The third-order valence-corrected chi connectivity index (χ3v) is 2.92. The molecule has 1 rings (SSSR count). The molecule has 0 N–H and O–H groups in total. The van der Waals surface area contributed by atoms with E-state index >= 15 is 0 Å². The first-order chi connectivity index (χ1) is 11.9. The summed E-state index contributed by atoms with van der Waals surface area (Å²) in [5.74, 6) is -0.637. The molecular formula is C19H28O6. The van der Waals surface area contributed by atoms with Crippen molar-refractivity contribution in [2.75, 3.05) is 26.4 Å². The third kappa shape index (κ3) is 12.1. The predicted molar refractivity (Wildman–Crippen MR) is 93.0 cm³/mol. The van der Waals surface area contributed by atoms with Gasteiger partial charge in [0.05, 0.1) is 13.2 Å². The van der Waals surface area contributed by atoms with Crippen LogP contribution in [0.25, 0.3) is 0 Å². The number of carbonyl (C=O) groups excluding carboxylic acids is 2. The highest BCUT2D eigenvalue weighted by Crippen LogP contribution is 2.09. The molecule has 0 fully saturated rings. The van der Waals surface area contributed by atoms with E-state index in [0.717, 1.165) is 5.56 Å². The van der Waals surface area contributed by atoms with E-state index in [9.17, 15) is 9.59 Å². The molecule has 0 unspecified atom stereocenters. The maximum atomic E-state index is 11.5. The molecular weight excluding hydrogens is 324 g/mol. The van der Waals surface area contributed by atoms with Crippen molar-refractivity contribution in [3.05, 3.63) is 35.9 Å². The van der Waals surface area contributed by atoms with Gasteiger partial charge in [-0.15, -0.1) is 0 Å². The molecule has 0 saturated heterocycles. The van der Waals surface area contributed by atoms with E-state index < -0.39 is 11.6 Å². The first-order valence-electron chi connectivity index (χ1n) is 8.44. The SMILES string of the molecule is CC(C)(C)OC(=O)CCCOCCOCC(=O)OCc1ccccc1. The van der Waals surface area contributed by atoms with E-state index in [-0.39, 0.29) is 19.2 Å². The van der Waals surface area contributed by atoms with Gasteiger partial charge in [0, 0.05) is 13.0 Å². The highest BCUT2D eigenvalue weighted by molar-refractivity contribution is 5.70. The average Bonchev–Trinajstić information content (AvgIpc) is 2.54. The average molecular weight is 352 g/mol. The molecule has 0 aromatic heterocycles. The van der Waals surface area contributed by atoms with Gasteiger partial charge in [0.1, 0.15) is 18.8 Å². The number of hydrogen-bond acceptors (Lipinski definition) is 6. The van der Waals surface area contributed by atoms with Crippen LogP contribution in [0.1, 0.15) is 39.2 Å². The van der Waals surface area contributed by atoms with Crippen LogP contribution in [0, 0.1) is 0 Å². The number of ether oxygens (including phenoxy) is 4. The summed E-state index contributed by atoms with van der Waals surface area (Å²) in [6, 6.07) is 9.46. The Kier molecular flexibility index (Phi) is 9.80. The fourth-order valence-corrected chi connectivity index (χ4v) is 1.87. The first kappa shape index (κ1) is 21.1. The van der Waals surface area contributed by atoms with E-state index in [1.54, 1.807) is 0 Å². The van der Waals surface area contributed by atoms with Crippen LogP contribution < -0.4 is 0 Å². The molecule has 0 atom stereocenters. The Morgan fingerprint density at radius 2 is 1.60 bits per heavy atom. The minimum absolute atomic E-state index is 0.103. The zero-order valence-electron chi connectivity index (χ0n) is 15.3. The number of rotatable bonds is 11. The fourth-order valence-electron chi connectivity index (χ4n) is 1.87. The molecule has 1 aromatic rings. The van der Waals surface area contributed by atoms with Crippen LogP contribution in [0.15, 0.2) is 30.3 Å². The Balaban J connectivity index is 1.93. The van der Waals surface area contributed by atoms with Crippen molar-refractivity contribution >= 4 is 11.9 Å². The number of carbonyl (C=O) groups is 2. The molecule has 0 heterocycles. The van der Waals surface area contributed by atoms with Crippen LogP contribution in [0.3, 0.4) is 0 Å². The van der Waals surface area contributed by atoms with Crippen molar-refractivity contribution in [2.24, 2.45) is 0 Å². The first-order valence-corrected chi connectivity index (χ1v) is 8.44. The molecule has 140 valence electrons. The molecule has 0 saturated carbocycles. The molecule has 0 spiro atoms. The minimum atomic E-state index is -0.457. The fraction of sp³-hybridized carbons (Fsp3) is 0.579. The molecule has 0 radical (unpaired) electrons. The maximum absolute atomic E-state index is 11.5. The lowest BCUT2D eigenvalue weighted by Crippen LogP contribution is -2.23. The summed E-state index contributed by atoms with van der Waals surface area (Å²) < 4.78 is 20.8. The summed E-state index contributed by atoms with van der Waals surface area (Å²) in [7, 11) is 0. The van der Waals surface area contributed by atoms with E-state index in [1.807, 2.05) is 51.1 Å². The summed E-state index contributed by atoms with van der Waals surface area (Å²) in [5, 5.41) is 0. The van der Waals surface area contributed by atoms with Gasteiger partial charge >= 0.3 is 11.9 Å². The molecule has 6 heteroatoms. The molecule has 0 aliphatic heterocycles. The predicted octanol–water partition coefficient (Wildman–Crippen LogP) is 2.88. The second-order valence-electron chi connectivity index (χ2n) is 6.50. The van der Waals surface area contributed by atoms with E-state index in [4.69, 9.17) is 18.9 Å². The van der Waals surface area contributed by atoms with Gasteiger partial charge in [-0.3, -0.25) is 4.79 Å². The van der Waals surface area contributed by atoms with E-state index in [2.05, 4.69) is 0 Å². The smallest absolute Gasteiger partial charge is 0.332 e. The second kappa shape index (κ2) is 11.6. The van der Waals surface area contributed by atoms with Gasteiger partial charge in [-0.05, 0) is 32.8 Å². The van der Waals surface area contributed by atoms with Crippen LogP contribution in [-0.2, 0) is 35.1 Å². The van der Waals surface area contributed by atoms with Crippen molar-refractivity contribution in [1.82, 2.24) is 0 Å². The highest BCUT2D eigenvalue weighted by atomic mass is 16.6. The summed E-state index contributed by atoms with van der Waals surface area (Å²) in [6.07, 6.45) is 0.915. The van der Waals surface area contributed by atoms with Crippen LogP contribution in [0.4, 0.5) is 0 Å². The highest BCUT2D eigenvalue weighted by Gasteiger charge is 2.15. The number of benzene rings is 1. The van der Waals surface area contributed by atoms with Gasteiger partial charge in [-0.1, -0.05) is 30.3 Å². The molecule has 0 aliphatic rings. The lowest BCUT2D eigenvalue weighted by molar-refractivity contribution is -0.155. The van der Waals surface area contributed by atoms with E-state index in [1.165, 1.54) is 0 Å². The van der Waals surface area contributed by atoms with Crippen molar-refractivity contribution in [1.29, 1.82) is 0 Å². The molecule has 0 aliphatic carbocycles. The summed E-state index contributed by atoms with van der Waals surface area (Å²) in [6.45, 7) is 6.75. The molecule has 1 aromatic carbocycles. The van der Waals surface area contributed by atoms with Crippen molar-refractivity contribution < 1.29 is 28.5 Å². The standard InChI is InChI=1S/C19H28O6/c1-19(2,3)25-17(20)10-7-11-22-12-13-23-15-18(21)24-14-16-8-5-4-6-9-16/h4-6,8-9H,7,10-15H2,1-3H3. The maximum Gasteiger partial charge on any atom is 0.332 e. The van der Waals surface area contributed by atoms with Gasteiger partial charge < -0.3 is 18.9 Å². The topological polar surface area (TPSA) is 71.1 Å². The second-order valence-corrected chi connectivity index (χ2v) is 6.50.